The molecule has 126 valence electrons. The number of likely N-dealkylation sites (tertiary alicyclic amines) is 1. The van der Waals surface area contributed by atoms with Gasteiger partial charge in [-0.2, -0.15) is 0 Å². The van der Waals surface area contributed by atoms with E-state index >= 15 is 0 Å². The Morgan fingerprint density at radius 1 is 1.17 bits per heavy atom. The van der Waals surface area contributed by atoms with Gasteiger partial charge >= 0.3 is 0 Å². The van der Waals surface area contributed by atoms with Gasteiger partial charge in [-0.05, 0) is 43.5 Å². The van der Waals surface area contributed by atoms with Crippen LogP contribution in [-0.2, 0) is 6.54 Å². The Balaban J connectivity index is 1.47. The van der Waals surface area contributed by atoms with E-state index < -0.39 is 0 Å². The van der Waals surface area contributed by atoms with Gasteiger partial charge in [0.1, 0.15) is 0 Å². The zero-order valence-electron chi connectivity index (χ0n) is 13.8. The highest BCUT2D eigenvalue weighted by molar-refractivity contribution is 5.32. The van der Waals surface area contributed by atoms with Crippen LogP contribution in [0.5, 0.6) is 0 Å². The van der Waals surface area contributed by atoms with Gasteiger partial charge in [0.15, 0.2) is 0 Å². The Labute approximate surface area is 141 Å². The molecule has 2 aliphatic heterocycles. The van der Waals surface area contributed by atoms with Crippen LogP contribution >= 0.6 is 0 Å². The number of aromatic nitrogens is 3. The van der Waals surface area contributed by atoms with Crippen molar-refractivity contribution in [1.82, 2.24) is 19.9 Å². The molecule has 1 atom stereocenters. The molecule has 0 radical (unpaired) electrons. The fourth-order valence-electron chi connectivity index (χ4n) is 3.72. The molecule has 0 amide bonds. The maximum Gasteiger partial charge on any atom is 0.252 e. The zero-order valence-corrected chi connectivity index (χ0v) is 13.8. The molecular weight excluding hydrogens is 302 g/mol. The monoisotopic (exact) mass is 325 g/mol. The number of hydrogen-bond donors (Lipinski definition) is 1. The molecule has 4 heterocycles. The van der Waals surface area contributed by atoms with E-state index in [1.54, 1.807) is 6.07 Å². The predicted octanol–water partition coefficient (Wildman–Crippen LogP) is 1.75. The smallest absolute Gasteiger partial charge is 0.252 e. The van der Waals surface area contributed by atoms with Crippen molar-refractivity contribution in [3.8, 4) is 0 Å². The zero-order chi connectivity index (χ0) is 16.4. The number of nitrogens with one attached hydrogen (secondary N) is 1. The Morgan fingerprint density at radius 2 is 1.96 bits per heavy atom. The minimum atomic E-state index is -0.0329. The van der Waals surface area contributed by atoms with E-state index in [1.165, 1.54) is 18.4 Å². The van der Waals surface area contributed by atoms with Crippen molar-refractivity contribution in [2.45, 2.75) is 31.7 Å². The molecule has 2 saturated heterocycles. The first-order valence-electron chi connectivity index (χ1n) is 8.75. The summed E-state index contributed by atoms with van der Waals surface area (Å²) in [5.74, 6) is 1.10. The lowest BCUT2D eigenvalue weighted by Gasteiger charge is -2.18. The topological polar surface area (TPSA) is 65.1 Å². The third-order valence-corrected chi connectivity index (χ3v) is 5.00. The molecule has 0 unspecified atom stereocenters. The first-order chi connectivity index (χ1) is 11.8. The molecule has 24 heavy (non-hydrogen) atoms. The van der Waals surface area contributed by atoms with Gasteiger partial charge in [-0.25, -0.2) is 4.98 Å². The summed E-state index contributed by atoms with van der Waals surface area (Å²) in [5, 5.41) is 0. The molecule has 0 aliphatic carbocycles. The minimum absolute atomic E-state index is 0.0329. The summed E-state index contributed by atoms with van der Waals surface area (Å²) in [5.41, 5.74) is 2.19. The number of nitrogens with zero attached hydrogens (tertiary/aromatic N) is 4. The highest BCUT2D eigenvalue weighted by Crippen LogP contribution is 2.27. The van der Waals surface area contributed by atoms with Crippen molar-refractivity contribution in [3.63, 3.8) is 0 Å². The third kappa shape index (κ3) is 3.33. The largest absolute Gasteiger partial charge is 0.342 e. The summed E-state index contributed by atoms with van der Waals surface area (Å²) in [6.45, 7) is 4.91. The van der Waals surface area contributed by atoms with E-state index in [-0.39, 0.29) is 5.56 Å². The molecule has 0 aromatic carbocycles. The van der Waals surface area contributed by atoms with Gasteiger partial charge in [0.05, 0.1) is 5.69 Å². The van der Waals surface area contributed by atoms with Crippen LogP contribution in [0.1, 0.15) is 36.4 Å². The van der Waals surface area contributed by atoms with Crippen LogP contribution < -0.4 is 10.5 Å². The molecule has 2 aromatic rings. The van der Waals surface area contributed by atoms with Crippen LogP contribution in [0.15, 0.2) is 35.4 Å². The molecule has 0 spiro atoms. The number of rotatable bonds is 4. The van der Waals surface area contributed by atoms with Gasteiger partial charge in [0.25, 0.3) is 5.56 Å². The number of aromatic amines is 1. The van der Waals surface area contributed by atoms with Gasteiger partial charge in [0, 0.05) is 50.6 Å². The van der Waals surface area contributed by atoms with Crippen molar-refractivity contribution in [2.75, 3.05) is 31.1 Å². The Kier molecular flexibility index (Phi) is 4.30. The number of anilines is 1. The summed E-state index contributed by atoms with van der Waals surface area (Å²) in [7, 11) is 0. The Bertz CT molecular complexity index is 739. The molecule has 6 heteroatoms. The van der Waals surface area contributed by atoms with Gasteiger partial charge in [-0.1, -0.05) is 0 Å². The molecule has 2 aromatic heterocycles. The molecular formula is C18H23N5O. The lowest BCUT2D eigenvalue weighted by Crippen LogP contribution is -2.25. The van der Waals surface area contributed by atoms with E-state index in [2.05, 4.69) is 31.9 Å². The van der Waals surface area contributed by atoms with Gasteiger partial charge in [0.2, 0.25) is 5.95 Å². The molecule has 0 bridgehead atoms. The summed E-state index contributed by atoms with van der Waals surface area (Å²) >= 11 is 0. The second-order valence-electron chi connectivity index (χ2n) is 6.76. The van der Waals surface area contributed by atoms with Crippen molar-refractivity contribution < 1.29 is 0 Å². The predicted molar refractivity (Wildman–Crippen MR) is 93.2 cm³/mol. The quantitative estimate of drug-likeness (QED) is 0.928. The normalized spacial score (nSPS) is 21.5. The van der Waals surface area contributed by atoms with Crippen LogP contribution in [0.25, 0.3) is 0 Å². The van der Waals surface area contributed by atoms with Gasteiger partial charge in [-0.15, -0.1) is 0 Å². The number of pyridine rings is 1. The highest BCUT2D eigenvalue weighted by Gasteiger charge is 2.26. The van der Waals surface area contributed by atoms with Crippen molar-refractivity contribution in [1.29, 1.82) is 0 Å². The Morgan fingerprint density at radius 3 is 2.75 bits per heavy atom. The lowest BCUT2D eigenvalue weighted by molar-refractivity contribution is 0.326. The van der Waals surface area contributed by atoms with E-state index in [0.29, 0.717) is 5.92 Å². The minimum Gasteiger partial charge on any atom is -0.342 e. The molecule has 6 nitrogen and oxygen atoms in total. The van der Waals surface area contributed by atoms with E-state index in [1.807, 2.05) is 12.4 Å². The second-order valence-corrected chi connectivity index (χ2v) is 6.76. The van der Waals surface area contributed by atoms with Gasteiger partial charge in [-0.3, -0.25) is 19.7 Å². The van der Waals surface area contributed by atoms with Crippen LogP contribution in [0.2, 0.25) is 0 Å². The fraction of sp³-hybridized carbons (Fsp3) is 0.500. The number of H-pyrrole nitrogens is 1. The van der Waals surface area contributed by atoms with Crippen molar-refractivity contribution >= 4 is 5.95 Å². The van der Waals surface area contributed by atoms with E-state index in [9.17, 15) is 4.79 Å². The summed E-state index contributed by atoms with van der Waals surface area (Å²) in [6.07, 6.45) is 7.09. The molecule has 4 rings (SSSR count). The van der Waals surface area contributed by atoms with Crippen LogP contribution in [-0.4, -0.2) is 46.0 Å². The van der Waals surface area contributed by atoms with Gasteiger partial charge < -0.3 is 4.90 Å². The lowest BCUT2D eigenvalue weighted by atomic mass is 10.1. The molecule has 2 fully saturated rings. The van der Waals surface area contributed by atoms with Crippen LogP contribution in [0, 0.1) is 0 Å². The van der Waals surface area contributed by atoms with Crippen LogP contribution in [0.3, 0.4) is 0 Å². The highest BCUT2D eigenvalue weighted by atomic mass is 16.1. The van der Waals surface area contributed by atoms with Crippen LogP contribution in [0.4, 0.5) is 5.95 Å². The maximum atomic E-state index is 12.1. The van der Waals surface area contributed by atoms with Crippen molar-refractivity contribution in [3.05, 3.63) is 52.2 Å². The first kappa shape index (κ1) is 15.3. The van der Waals surface area contributed by atoms with Crippen molar-refractivity contribution in [2.24, 2.45) is 0 Å². The van der Waals surface area contributed by atoms with E-state index in [0.717, 1.165) is 50.8 Å². The van der Waals surface area contributed by atoms with E-state index in [4.69, 9.17) is 4.98 Å². The summed E-state index contributed by atoms with van der Waals surface area (Å²) in [4.78, 5) is 28.4. The third-order valence-electron chi connectivity index (χ3n) is 5.00. The molecule has 1 N–H and O–H groups in total. The fourth-order valence-corrected chi connectivity index (χ4v) is 3.72. The molecule has 2 aliphatic rings. The summed E-state index contributed by atoms with van der Waals surface area (Å²) in [6, 6.07) is 5.80. The average Bonchev–Trinajstić information content (AvgIpc) is 3.27. The SMILES string of the molecule is O=c1cc([C@@H]2CCN(Cc3ccncc3)C2)nc(N2CCCC2)[nH]1. The summed E-state index contributed by atoms with van der Waals surface area (Å²) < 4.78 is 0. The average molecular weight is 325 g/mol. The maximum absolute atomic E-state index is 12.1. The first-order valence-corrected chi connectivity index (χ1v) is 8.75. The standard InChI is InChI=1S/C18H23N5O/c24-17-11-16(20-18(21-17)23-8-1-2-9-23)15-5-10-22(13-15)12-14-3-6-19-7-4-14/h3-4,6-7,11,15H,1-2,5,8-10,12-13H2,(H,20,21,24)/t15-/m1/s1. The number of hydrogen-bond acceptors (Lipinski definition) is 5. The molecule has 0 saturated carbocycles. The second kappa shape index (κ2) is 6.73. The Hall–Kier alpha value is -2.21.